The van der Waals surface area contributed by atoms with Gasteiger partial charge in [0.25, 0.3) is 0 Å². The molecule has 0 fully saturated rings. The van der Waals surface area contributed by atoms with Gasteiger partial charge in [0.15, 0.2) is 0 Å². The number of benzene rings is 7. The van der Waals surface area contributed by atoms with E-state index in [-0.39, 0.29) is 0 Å². The molecule has 0 amide bonds. The molecule has 196 valence electrons. The van der Waals surface area contributed by atoms with E-state index >= 15 is 0 Å². The first-order chi connectivity index (χ1) is 20.8. The molecule has 2 nitrogen and oxygen atoms in total. The van der Waals surface area contributed by atoms with Crippen molar-refractivity contribution in [1.82, 2.24) is 9.13 Å². The molecule has 0 aliphatic heterocycles. The summed E-state index contributed by atoms with van der Waals surface area (Å²) >= 11 is 0. The van der Waals surface area contributed by atoms with Crippen LogP contribution in [0.1, 0.15) is 0 Å². The van der Waals surface area contributed by atoms with E-state index < -0.39 is 0 Å². The second kappa shape index (κ2) is 8.95. The fourth-order valence-electron chi connectivity index (χ4n) is 6.82. The van der Waals surface area contributed by atoms with Crippen LogP contribution in [-0.2, 0) is 0 Å². The smallest absolute Gasteiger partial charge is 0.0548 e. The molecule has 0 atom stereocenters. The van der Waals surface area contributed by atoms with Crippen LogP contribution in [0.2, 0.25) is 0 Å². The molecular formula is C40H26N2. The molecule has 0 bridgehead atoms. The van der Waals surface area contributed by atoms with Crippen LogP contribution in [-0.4, -0.2) is 9.13 Å². The average Bonchev–Trinajstić information content (AvgIpc) is 3.57. The number of nitrogens with zero attached hydrogens (tertiary/aromatic N) is 2. The zero-order valence-electron chi connectivity index (χ0n) is 22.9. The Balaban J connectivity index is 1.42. The molecular weight excluding hydrogens is 508 g/mol. The Bertz CT molecular complexity index is 2430. The van der Waals surface area contributed by atoms with Gasteiger partial charge in [0.05, 0.1) is 22.1 Å². The zero-order chi connectivity index (χ0) is 27.6. The highest BCUT2D eigenvalue weighted by Crippen LogP contribution is 2.43. The predicted octanol–water partition coefficient (Wildman–Crippen LogP) is 10.7. The lowest BCUT2D eigenvalue weighted by molar-refractivity contribution is 1.17. The van der Waals surface area contributed by atoms with Gasteiger partial charge in [0, 0.05) is 32.9 Å². The Morgan fingerprint density at radius 2 is 0.833 bits per heavy atom. The molecule has 0 radical (unpaired) electrons. The third kappa shape index (κ3) is 3.33. The predicted molar refractivity (Wildman–Crippen MR) is 178 cm³/mol. The molecule has 7 aromatic carbocycles. The summed E-state index contributed by atoms with van der Waals surface area (Å²) < 4.78 is 4.85. The molecule has 2 heterocycles. The second-order valence-corrected chi connectivity index (χ2v) is 11.0. The van der Waals surface area contributed by atoms with Crippen molar-refractivity contribution >= 4 is 54.4 Å². The minimum Gasteiger partial charge on any atom is -0.309 e. The summed E-state index contributed by atoms with van der Waals surface area (Å²) in [5.74, 6) is 0. The molecule has 0 spiro atoms. The minimum absolute atomic E-state index is 1.16. The Labute approximate surface area is 243 Å². The summed E-state index contributed by atoms with van der Waals surface area (Å²) in [4.78, 5) is 0. The Morgan fingerprint density at radius 3 is 1.57 bits per heavy atom. The van der Waals surface area contributed by atoms with Crippen molar-refractivity contribution in [3.8, 4) is 22.5 Å². The topological polar surface area (TPSA) is 9.86 Å². The first-order valence-corrected chi connectivity index (χ1v) is 14.5. The molecule has 42 heavy (non-hydrogen) atoms. The molecule has 9 aromatic rings. The average molecular weight is 535 g/mol. The maximum atomic E-state index is 2.44. The molecule has 0 saturated heterocycles. The van der Waals surface area contributed by atoms with Crippen molar-refractivity contribution in [2.75, 3.05) is 0 Å². The molecule has 0 saturated carbocycles. The van der Waals surface area contributed by atoms with Gasteiger partial charge in [-0.3, -0.25) is 0 Å². The molecule has 2 heteroatoms. The van der Waals surface area contributed by atoms with Crippen molar-refractivity contribution in [3.63, 3.8) is 0 Å². The molecule has 0 aliphatic rings. The number of para-hydroxylation sites is 2. The quantitative estimate of drug-likeness (QED) is 0.213. The van der Waals surface area contributed by atoms with Gasteiger partial charge in [-0.1, -0.05) is 103 Å². The van der Waals surface area contributed by atoms with Crippen molar-refractivity contribution in [3.05, 3.63) is 158 Å². The Kier molecular flexibility index (Phi) is 4.93. The third-order valence-corrected chi connectivity index (χ3v) is 8.68. The van der Waals surface area contributed by atoms with E-state index in [1.54, 1.807) is 0 Å². The normalized spacial score (nSPS) is 11.8. The summed E-state index contributed by atoms with van der Waals surface area (Å²) in [5.41, 5.74) is 9.68. The van der Waals surface area contributed by atoms with Gasteiger partial charge < -0.3 is 9.13 Å². The largest absolute Gasteiger partial charge is 0.309 e. The van der Waals surface area contributed by atoms with E-state index in [2.05, 4.69) is 167 Å². The summed E-state index contributed by atoms with van der Waals surface area (Å²) in [7, 11) is 0. The SMILES string of the molecule is c1ccc(-c2ccc(-n3c4cc5ccccc5cc4c4c5c6ccccc6n(-c6ccccc6)c5ccc43)cc2)cc1. The lowest BCUT2D eigenvalue weighted by atomic mass is 10.0. The van der Waals surface area contributed by atoms with Gasteiger partial charge in [0.1, 0.15) is 0 Å². The summed E-state index contributed by atoms with van der Waals surface area (Å²) in [6, 6.07) is 57.2. The fourth-order valence-corrected chi connectivity index (χ4v) is 6.82. The van der Waals surface area contributed by atoms with E-state index in [1.165, 1.54) is 71.2 Å². The van der Waals surface area contributed by atoms with Crippen LogP contribution in [0.15, 0.2) is 158 Å². The zero-order valence-corrected chi connectivity index (χ0v) is 22.9. The van der Waals surface area contributed by atoms with Crippen LogP contribution in [0, 0.1) is 0 Å². The van der Waals surface area contributed by atoms with Gasteiger partial charge in [-0.15, -0.1) is 0 Å². The van der Waals surface area contributed by atoms with Gasteiger partial charge >= 0.3 is 0 Å². The maximum Gasteiger partial charge on any atom is 0.0548 e. The molecule has 9 rings (SSSR count). The van der Waals surface area contributed by atoms with Crippen LogP contribution >= 0.6 is 0 Å². The van der Waals surface area contributed by atoms with E-state index in [1.807, 2.05) is 0 Å². The highest BCUT2D eigenvalue weighted by Gasteiger charge is 2.20. The van der Waals surface area contributed by atoms with Gasteiger partial charge in [-0.2, -0.15) is 0 Å². The summed E-state index contributed by atoms with van der Waals surface area (Å²) in [5, 5.41) is 7.65. The first kappa shape index (κ1) is 23.1. The van der Waals surface area contributed by atoms with E-state index in [0.717, 1.165) is 5.69 Å². The van der Waals surface area contributed by atoms with E-state index in [0.29, 0.717) is 0 Å². The molecule has 2 aromatic heterocycles. The number of fused-ring (bicyclic) bond motifs is 8. The van der Waals surface area contributed by atoms with Gasteiger partial charge in [-0.05, 0) is 76.5 Å². The lowest BCUT2D eigenvalue weighted by Crippen LogP contribution is -1.95. The van der Waals surface area contributed by atoms with Crippen LogP contribution in [0.25, 0.3) is 76.9 Å². The first-order valence-electron chi connectivity index (χ1n) is 14.5. The number of hydrogen-bond donors (Lipinski definition) is 0. The Morgan fingerprint density at radius 1 is 0.310 bits per heavy atom. The maximum absolute atomic E-state index is 2.44. The summed E-state index contributed by atoms with van der Waals surface area (Å²) in [6.07, 6.45) is 0. The number of hydrogen-bond acceptors (Lipinski definition) is 0. The van der Waals surface area contributed by atoms with Crippen molar-refractivity contribution in [2.45, 2.75) is 0 Å². The van der Waals surface area contributed by atoms with Gasteiger partial charge in [-0.25, -0.2) is 0 Å². The van der Waals surface area contributed by atoms with Crippen LogP contribution in [0.3, 0.4) is 0 Å². The molecule has 0 unspecified atom stereocenters. The third-order valence-electron chi connectivity index (χ3n) is 8.68. The molecule has 0 N–H and O–H groups in total. The number of aromatic nitrogens is 2. The fraction of sp³-hybridized carbons (Fsp3) is 0. The van der Waals surface area contributed by atoms with Crippen molar-refractivity contribution < 1.29 is 0 Å². The Hall–Kier alpha value is -5.60. The monoisotopic (exact) mass is 534 g/mol. The van der Waals surface area contributed by atoms with Crippen LogP contribution < -0.4 is 0 Å². The van der Waals surface area contributed by atoms with Crippen LogP contribution in [0.5, 0.6) is 0 Å². The minimum atomic E-state index is 1.16. The lowest BCUT2D eigenvalue weighted by Gasteiger charge is -2.10. The van der Waals surface area contributed by atoms with E-state index in [9.17, 15) is 0 Å². The van der Waals surface area contributed by atoms with Crippen molar-refractivity contribution in [2.24, 2.45) is 0 Å². The standard InChI is InChI=1S/C40H26N2/c1-3-11-27(12-4-1)28-19-21-32(22-20-28)42-37-24-23-36-39(40(37)34-25-29-13-7-8-14-30(29)26-38(34)42)33-17-9-10-18-35(33)41(36)31-15-5-2-6-16-31/h1-26H. The van der Waals surface area contributed by atoms with Crippen molar-refractivity contribution in [1.29, 1.82) is 0 Å². The second-order valence-electron chi connectivity index (χ2n) is 11.0. The van der Waals surface area contributed by atoms with Crippen LogP contribution in [0.4, 0.5) is 0 Å². The van der Waals surface area contributed by atoms with E-state index in [4.69, 9.17) is 0 Å². The summed E-state index contributed by atoms with van der Waals surface area (Å²) in [6.45, 7) is 0. The van der Waals surface area contributed by atoms with Gasteiger partial charge in [0.2, 0.25) is 0 Å². The molecule has 0 aliphatic carbocycles. The number of rotatable bonds is 3. The highest BCUT2D eigenvalue weighted by molar-refractivity contribution is 6.29. The highest BCUT2D eigenvalue weighted by atomic mass is 15.0.